The standard InChI is InChI=1S/C20H29N3O2S/c1-15(5-3-8-20(21)24)25-14-16-13-17-18(6-4-7-19(17)26-16)23-11-9-22(2)10-12-23/h4,6-7,13,15H,3,5,8-12,14H2,1-2H3,(H2,21,24). The van der Waals surface area contributed by atoms with Crippen molar-refractivity contribution >= 4 is 33.0 Å². The summed E-state index contributed by atoms with van der Waals surface area (Å²) >= 11 is 1.81. The predicted molar refractivity (Wildman–Crippen MR) is 109 cm³/mol. The molecule has 1 aromatic carbocycles. The minimum atomic E-state index is -0.238. The number of hydrogen-bond acceptors (Lipinski definition) is 5. The van der Waals surface area contributed by atoms with Crippen LogP contribution in [0.1, 0.15) is 31.1 Å². The van der Waals surface area contributed by atoms with Crippen molar-refractivity contribution in [2.45, 2.75) is 38.9 Å². The van der Waals surface area contributed by atoms with Crippen molar-refractivity contribution in [3.63, 3.8) is 0 Å². The summed E-state index contributed by atoms with van der Waals surface area (Å²) in [5, 5.41) is 1.34. The van der Waals surface area contributed by atoms with E-state index in [2.05, 4.69) is 48.0 Å². The number of thiophene rings is 1. The molecule has 1 aromatic heterocycles. The number of hydrogen-bond donors (Lipinski definition) is 1. The van der Waals surface area contributed by atoms with Gasteiger partial charge in [-0.15, -0.1) is 11.3 Å². The van der Waals surface area contributed by atoms with Crippen LogP contribution in [0.25, 0.3) is 10.1 Å². The summed E-state index contributed by atoms with van der Waals surface area (Å²) in [6.45, 7) is 7.06. The minimum Gasteiger partial charge on any atom is -0.373 e. The van der Waals surface area contributed by atoms with Crippen LogP contribution in [0, 0.1) is 0 Å². The van der Waals surface area contributed by atoms with Gasteiger partial charge in [0.05, 0.1) is 12.7 Å². The summed E-state index contributed by atoms with van der Waals surface area (Å²) in [4.78, 5) is 16.9. The third-order valence-electron chi connectivity index (χ3n) is 4.98. The molecule has 0 radical (unpaired) electrons. The molecular formula is C20H29N3O2S. The fourth-order valence-electron chi connectivity index (χ4n) is 3.36. The Labute approximate surface area is 159 Å². The average Bonchev–Trinajstić information content (AvgIpc) is 3.03. The summed E-state index contributed by atoms with van der Waals surface area (Å²) in [6.07, 6.45) is 2.22. The number of likely N-dealkylation sites (N-methyl/N-ethyl adjacent to an activating group) is 1. The zero-order chi connectivity index (χ0) is 18.5. The van der Waals surface area contributed by atoms with Crippen LogP contribution in [0.4, 0.5) is 5.69 Å². The average molecular weight is 376 g/mol. The van der Waals surface area contributed by atoms with E-state index in [0.717, 1.165) is 39.0 Å². The predicted octanol–water partition coefficient (Wildman–Crippen LogP) is 3.21. The van der Waals surface area contributed by atoms with Crippen LogP contribution in [0.15, 0.2) is 24.3 Å². The zero-order valence-corrected chi connectivity index (χ0v) is 16.6. The third kappa shape index (κ3) is 4.96. The first-order valence-corrected chi connectivity index (χ1v) is 10.2. The molecular weight excluding hydrogens is 346 g/mol. The Bertz CT molecular complexity index is 738. The number of carbonyl (C=O) groups is 1. The highest BCUT2D eigenvalue weighted by molar-refractivity contribution is 7.19. The van der Waals surface area contributed by atoms with Gasteiger partial charge in [-0.25, -0.2) is 0 Å². The van der Waals surface area contributed by atoms with E-state index in [4.69, 9.17) is 10.5 Å². The van der Waals surface area contributed by atoms with Crippen LogP contribution in [-0.2, 0) is 16.1 Å². The summed E-state index contributed by atoms with van der Waals surface area (Å²) in [7, 11) is 2.18. The van der Waals surface area contributed by atoms with Crippen molar-refractivity contribution < 1.29 is 9.53 Å². The van der Waals surface area contributed by atoms with Gasteiger partial charge in [-0.2, -0.15) is 0 Å². The number of ether oxygens (including phenoxy) is 1. The monoisotopic (exact) mass is 375 g/mol. The van der Waals surface area contributed by atoms with Crippen molar-refractivity contribution in [3.8, 4) is 0 Å². The van der Waals surface area contributed by atoms with Crippen LogP contribution in [0.3, 0.4) is 0 Å². The second-order valence-electron chi connectivity index (χ2n) is 7.17. The van der Waals surface area contributed by atoms with Gasteiger partial charge in [-0.05, 0) is 45.0 Å². The van der Waals surface area contributed by atoms with E-state index < -0.39 is 0 Å². The molecule has 0 spiro atoms. The number of fused-ring (bicyclic) bond motifs is 1. The number of nitrogens with zero attached hydrogens (tertiary/aromatic N) is 2. The van der Waals surface area contributed by atoms with Crippen molar-refractivity contribution in [3.05, 3.63) is 29.1 Å². The summed E-state index contributed by atoms with van der Waals surface area (Å²) in [5.74, 6) is -0.238. The van der Waals surface area contributed by atoms with E-state index >= 15 is 0 Å². The van der Waals surface area contributed by atoms with Crippen LogP contribution in [-0.4, -0.2) is 50.1 Å². The molecule has 2 N–H and O–H groups in total. The summed E-state index contributed by atoms with van der Waals surface area (Å²) in [5.41, 5.74) is 6.53. The Kier molecular flexibility index (Phi) is 6.51. The SMILES string of the molecule is CC(CCCC(N)=O)OCc1cc2c(N3CCN(C)CC3)cccc2s1. The first kappa shape index (κ1) is 19.1. The second kappa shape index (κ2) is 8.84. The molecule has 26 heavy (non-hydrogen) atoms. The molecule has 1 saturated heterocycles. The lowest BCUT2D eigenvalue weighted by atomic mass is 10.1. The van der Waals surface area contributed by atoms with E-state index in [1.54, 1.807) is 0 Å². The van der Waals surface area contributed by atoms with E-state index in [1.165, 1.54) is 20.7 Å². The van der Waals surface area contributed by atoms with Crippen molar-refractivity contribution in [2.75, 3.05) is 38.1 Å². The molecule has 0 bridgehead atoms. The first-order chi connectivity index (χ1) is 12.5. The minimum absolute atomic E-state index is 0.136. The van der Waals surface area contributed by atoms with Gasteiger partial charge in [-0.3, -0.25) is 4.79 Å². The van der Waals surface area contributed by atoms with Gasteiger partial charge < -0.3 is 20.3 Å². The maximum atomic E-state index is 10.8. The first-order valence-electron chi connectivity index (χ1n) is 9.38. The Hall–Kier alpha value is -1.63. The van der Waals surface area contributed by atoms with Crippen LogP contribution in [0.2, 0.25) is 0 Å². The highest BCUT2D eigenvalue weighted by Gasteiger charge is 2.17. The number of rotatable bonds is 8. The Morgan fingerprint density at radius 1 is 1.31 bits per heavy atom. The molecule has 1 aliphatic rings. The molecule has 1 amide bonds. The molecule has 5 nitrogen and oxygen atoms in total. The van der Waals surface area contributed by atoms with Gasteiger partial charge in [-0.1, -0.05) is 6.07 Å². The zero-order valence-electron chi connectivity index (χ0n) is 15.7. The van der Waals surface area contributed by atoms with Gasteiger partial charge in [0.25, 0.3) is 0 Å². The largest absolute Gasteiger partial charge is 0.373 e. The summed E-state index contributed by atoms with van der Waals surface area (Å²) in [6, 6.07) is 8.87. The van der Waals surface area contributed by atoms with E-state index in [1.807, 2.05) is 11.3 Å². The van der Waals surface area contributed by atoms with Gasteiger partial charge in [0, 0.05) is 53.3 Å². The quantitative estimate of drug-likeness (QED) is 0.770. The molecule has 3 rings (SSSR count). The smallest absolute Gasteiger partial charge is 0.217 e. The number of primary amides is 1. The number of carbonyl (C=O) groups excluding carboxylic acids is 1. The molecule has 2 heterocycles. The number of amides is 1. The highest BCUT2D eigenvalue weighted by atomic mass is 32.1. The molecule has 1 fully saturated rings. The fourth-order valence-corrected chi connectivity index (χ4v) is 4.37. The normalized spacial score (nSPS) is 16.9. The lowest BCUT2D eigenvalue weighted by Gasteiger charge is -2.34. The van der Waals surface area contributed by atoms with E-state index in [-0.39, 0.29) is 12.0 Å². The van der Waals surface area contributed by atoms with Gasteiger partial charge in [0.15, 0.2) is 0 Å². The molecule has 2 aromatic rings. The number of anilines is 1. The third-order valence-corrected chi connectivity index (χ3v) is 6.05. The highest BCUT2D eigenvalue weighted by Crippen LogP contribution is 2.34. The molecule has 142 valence electrons. The molecule has 0 saturated carbocycles. The van der Waals surface area contributed by atoms with Crippen molar-refractivity contribution in [2.24, 2.45) is 5.73 Å². The maximum absolute atomic E-state index is 10.8. The molecule has 1 atom stereocenters. The molecule has 0 aliphatic carbocycles. The molecule has 1 aliphatic heterocycles. The Morgan fingerprint density at radius 2 is 2.08 bits per heavy atom. The second-order valence-corrected chi connectivity index (χ2v) is 8.34. The lowest BCUT2D eigenvalue weighted by Crippen LogP contribution is -2.44. The lowest BCUT2D eigenvalue weighted by molar-refractivity contribution is -0.118. The van der Waals surface area contributed by atoms with Gasteiger partial charge in [0.2, 0.25) is 5.91 Å². The molecule has 6 heteroatoms. The van der Waals surface area contributed by atoms with Crippen LogP contribution < -0.4 is 10.6 Å². The van der Waals surface area contributed by atoms with Crippen LogP contribution >= 0.6 is 11.3 Å². The van der Waals surface area contributed by atoms with Gasteiger partial charge >= 0.3 is 0 Å². The number of benzene rings is 1. The Morgan fingerprint density at radius 3 is 2.81 bits per heavy atom. The van der Waals surface area contributed by atoms with Crippen molar-refractivity contribution in [1.29, 1.82) is 0 Å². The number of nitrogens with two attached hydrogens (primary N) is 1. The molecule has 1 unspecified atom stereocenters. The van der Waals surface area contributed by atoms with E-state index in [9.17, 15) is 4.79 Å². The number of piperazine rings is 1. The van der Waals surface area contributed by atoms with E-state index in [0.29, 0.717) is 13.0 Å². The van der Waals surface area contributed by atoms with Crippen molar-refractivity contribution in [1.82, 2.24) is 4.90 Å². The van der Waals surface area contributed by atoms with Gasteiger partial charge in [0.1, 0.15) is 0 Å². The fraction of sp³-hybridized carbons (Fsp3) is 0.550. The Balaban J connectivity index is 1.62. The maximum Gasteiger partial charge on any atom is 0.217 e. The van der Waals surface area contributed by atoms with Crippen LogP contribution in [0.5, 0.6) is 0 Å². The summed E-state index contributed by atoms with van der Waals surface area (Å²) < 4.78 is 7.30. The topological polar surface area (TPSA) is 58.8 Å².